The maximum Gasteiger partial charge on any atom is 0.357 e. The van der Waals surface area contributed by atoms with Crippen LogP contribution in [0.2, 0.25) is 0 Å². The third-order valence-electron chi connectivity index (χ3n) is 4.89. The molecule has 0 aliphatic heterocycles. The molecule has 0 bridgehead atoms. The molecule has 2 heterocycles. The molecule has 0 radical (unpaired) electrons. The number of phenolic OH excluding ortho intramolecular Hbond substituents is 1. The molecule has 0 aliphatic carbocycles. The minimum Gasteiger partial charge on any atom is -0.506 e. The molecule has 7 heteroatoms. The Kier molecular flexibility index (Phi) is 5.12. The van der Waals surface area contributed by atoms with Crippen molar-refractivity contribution in [3.63, 3.8) is 0 Å². The number of nitrogen functional groups attached to an aromatic ring is 1. The summed E-state index contributed by atoms with van der Waals surface area (Å²) in [4.78, 5) is 16.8. The largest absolute Gasteiger partial charge is 0.506 e. The van der Waals surface area contributed by atoms with Gasteiger partial charge in [-0.25, -0.2) is 9.78 Å². The monoisotopic (exact) mass is 410 g/mol. The number of rotatable bonds is 4. The quantitative estimate of drug-likeness (QED) is 0.489. The molecule has 0 saturated carbocycles. The fraction of sp³-hybridized carbons (Fsp3) is 0.0417. The number of aromatic nitrogens is 2. The molecule has 152 valence electrons. The van der Waals surface area contributed by atoms with Gasteiger partial charge in [0.2, 0.25) is 0 Å². The minimum absolute atomic E-state index is 0.0693. The van der Waals surface area contributed by atoms with E-state index in [0.717, 1.165) is 10.9 Å². The Labute approximate surface area is 178 Å². The number of nitrogens with two attached hydrogens (primary N) is 1. The van der Waals surface area contributed by atoms with Crippen LogP contribution in [0, 0.1) is 11.3 Å². The predicted octanol–water partition coefficient (Wildman–Crippen LogP) is 4.14. The molecule has 2 aromatic heterocycles. The third kappa shape index (κ3) is 3.58. The summed E-state index contributed by atoms with van der Waals surface area (Å²) in [5, 5.41) is 20.2. The Morgan fingerprint density at radius 2 is 1.97 bits per heavy atom. The van der Waals surface area contributed by atoms with Crippen molar-refractivity contribution in [2.75, 3.05) is 12.8 Å². The molecule has 0 unspecified atom stereocenters. The molecule has 0 amide bonds. The van der Waals surface area contributed by atoms with Gasteiger partial charge in [-0.1, -0.05) is 42.5 Å². The second-order valence-electron chi connectivity index (χ2n) is 6.76. The van der Waals surface area contributed by atoms with Gasteiger partial charge >= 0.3 is 5.97 Å². The Morgan fingerprint density at radius 1 is 1.16 bits per heavy atom. The fourth-order valence-electron chi connectivity index (χ4n) is 3.37. The van der Waals surface area contributed by atoms with Crippen LogP contribution in [-0.4, -0.2) is 27.7 Å². The zero-order valence-electron chi connectivity index (χ0n) is 16.6. The SMILES string of the molecule is COC(=O)c1c(N)c(C#N)cn1-c1ccccc1C=Cc1ccc2cccc(O)c2n1. The maximum absolute atomic E-state index is 12.3. The minimum atomic E-state index is -0.635. The van der Waals surface area contributed by atoms with E-state index in [1.165, 1.54) is 13.3 Å². The van der Waals surface area contributed by atoms with Crippen molar-refractivity contribution in [3.8, 4) is 17.5 Å². The van der Waals surface area contributed by atoms with Crippen molar-refractivity contribution >= 4 is 34.7 Å². The summed E-state index contributed by atoms with van der Waals surface area (Å²) in [5.74, 6) is -0.521. The first kappa shape index (κ1) is 19.7. The van der Waals surface area contributed by atoms with E-state index in [0.29, 0.717) is 16.9 Å². The summed E-state index contributed by atoms with van der Waals surface area (Å²) in [5.41, 5.74) is 8.95. The van der Waals surface area contributed by atoms with Crippen molar-refractivity contribution in [3.05, 3.63) is 83.3 Å². The molecule has 31 heavy (non-hydrogen) atoms. The van der Waals surface area contributed by atoms with E-state index in [4.69, 9.17) is 10.5 Å². The molecule has 3 N–H and O–H groups in total. The summed E-state index contributed by atoms with van der Waals surface area (Å²) in [6, 6.07) is 18.3. The molecule has 0 atom stereocenters. The van der Waals surface area contributed by atoms with Crippen LogP contribution in [0.1, 0.15) is 27.3 Å². The van der Waals surface area contributed by atoms with Gasteiger partial charge in [-0.05, 0) is 29.8 Å². The zero-order chi connectivity index (χ0) is 22.0. The number of anilines is 1. The van der Waals surface area contributed by atoms with Crippen LogP contribution in [-0.2, 0) is 4.74 Å². The molecule has 2 aromatic carbocycles. The number of pyridine rings is 1. The van der Waals surface area contributed by atoms with E-state index >= 15 is 0 Å². The molecule has 0 spiro atoms. The molecule has 0 aliphatic rings. The summed E-state index contributed by atoms with van der Waals surface area (Å²) < 4.78 is 6.41. The molecule has 0 fully saturated rings. The van der Waals surface area contributed by atoms with Crippen LogP contribution >= 0.6 is 0 Å². The van der Waals surface area contributed by atoms with Crippen molar-refractivity contribution < 1.29 is 14.6 Å². The number of carbonyl (C=O) groups excluding carboxylic acids is 1. The number of fused-ring (bicyclic) bond motifs is 1. The normalized spacial score (nSPS) is 11.0. The molecular weight excluding hydrogens is 392 g/mol. The Balaban J connectivity index is 1.80. The molecule has 0 saturated heterocycles. The van der Waals surface area contributed by atoms with Crippen LogP contribution in [0.4, 0.5) is 5.69 Å². The van der Waals surface area contributed by atoms with Crippen molar-refractivity contribution in [1.29, 1.82) is 5.26 Å². The number of benzene rings is 2. The zero-order valence-corrected chi connectivity index (χ0v) is 16.6. The number of nitrogens with zero attached hydrogens (tertiary/aromatic N) is 3. The topological polar surface area (TPSA) is 114 Å². The number of methoxy groups -OCH3 is 1. The fourth-order valence-corrected chi connectivity index (χ4v) is 3.37. The van der Waals surface area contributed by atoms with Gasteiger partial charge in [0.05, 0.1) is 29.7 Å². The predicted molar refractivity (Wildman–Crippen MR) is 119 cm³/mol. The average molecular weight is 410 g/mol. The van der Waals surface area contributed by atoms with Gasteiger partial charge < -0.3 is 20.1 Å². The smallest absolute Gasteiger partial charge is 0.357 e. The number of ether oxygens (including phenoxy) is 1. The Bertz CT molecular complexity index is 1380. The number of para-hydroxylation sites is 2. The lowest BCUT2D eigenvalue weighted by molar-refractivity contribution is 0.0593. The van der Waals surface area contributed by atoms with E-state index in [2.05, 4.69) is 4.98 Å². The van der Waals surface area contributed by atoms with Crippen LogP contribution in [0.15, 0.2) is 60.8 Å². The van der Waals surface area contributed by atoms with E-state index < -0.39 is 5.97 Å². The Morgan fingerprint density at radius 3 is 2.74 bits per heavy atom. The lowest BCUT2D eigenvalue weighted by atomic mass is 10.1. The average Bonchev–Trinajstić information content (AvgIpc) is 3.13. The highest BCUT2D eigenvalue weighted by molar-refractivity contribution is 5.96. The van der Waals surface area contributed by atoms with Crippen molar-refractivity contribution in [2.45, 2.75) is 0 Å². The van der Waals surface area contributed by atoms with Gasteiger partial charge in [-0.2, -0.15) is 5.26 Å². The first-order valence-corrected chi connectivity index (χ1v) is 9.39. The standard InChI is InChI=1S/C24H18N4O3/c1-31-24(30)23-21(26)17(13-25)14-28(23)19-7-3-2-5-15(19)9-11-18-12-10-16-6-4-8-20(29)22(16)27-18/h2-12,14,29H,26H2,1H3. The van der Waals surface area contributed by atoms with Crippen LogP contribution in [0.3, 0.4) is 0 Å². The molecule has 7 nitrogen and oxygen atoms in total. The van der Waals surface area contributed by atoms with Crippen molar-refractivity contribution in [1.82, 2.24) is 9.55 Å². The van der Waals surface area contributed by atoms with Gasteiger partial charge in [0, 0.05) is 11.6 Å². The number of hydrogen-bond acceptors (Lipinski definition) is 6. The van der Waals surface area contributed by atoms with Gasteiger partial charge in [0.1, 0.15) is 17.3 Å². The van der Waals surface area contributed by atoms with E-state index in [-0.39, 0.29) is 22.7 Å². The summed E-state index contributed by atoms with van der Waals surface area (Å²) >= 11 is 0. The van der Waals surface area contributed by atoms with Crippen LogP contribution in [0.25, 0.3) is 28.7 Å². The third-order valence-corrected chi connectivity index (χ3v) is 4.89. The van der Waals surface area contributed by atoms with Crippen LogP contribution < -0.4 is 5.73 Å². The van der Waals surface area contributed by atoms with E-state index in [1.807, 2.05) is 54.6 Å². The summed E-state index contributed by atoms with van der Waals surface area (Å²) in [6.45, 7) is 0. The van der Waals surface area contributed by atoms with Gasteiger partial charge in [-0.15, -0.1) is 0 Å². The first-order chi connectivity index (χ1) is 15.0. The molecule has 4 aromatic rings. The van der Waals surface area contributed by atoms with Gasteiger partial charge in [0.15, 0.2) is 5.69 Å². The lowest BCUT2D eigenvalue weighted by Crippen LogP contribution is -2.11. The van der Waals surface area contributed by atoms with Crippen LogP contribution in [0.5, 0.6) is 5.75 Å². The van der Waals surface area contributed by atoms with Gasteiger partial charge in [0.25, 0.3) is 0 Å². The number of aromatic hydroxyl groups is 1. The Hall–Kier alpha value is -4.57. The number of phenols is 1. The second kappa shape index (κ2) is 8.05. The number of carbonyl (C=O) groups is 1. The number of nitriles is 1. The highest BCUT2D eigenvalue weighted by Gasteiger charge is 2.22. The number of esters is 1. The molecular formula is C24H18N4O3. The highest BCUT2D eigenvalue weighted by Crippen LogP contribution is 2.28. The summed E-state index contributed by atoms with van der Waals surface area (Å²) in [6.07, 6.45) is 5.16. The summed E-state index contributed by atoms with van der Waals surface area (Å²) in [7, 11) is 1.26. The second-order valence-corrected chi connectivity index (χ2v) is 6.76. The van der Waals surface area contributed by atoms with E-state index in [9.17, 15) is 15.2 Å². The first-order valence-electron chi connectivity index (χ1n) is 9.39. The molecule has 4 rings (SSSR count). The number of hydrogen-bond donors (Lipinski definition) is 2. The highest BCUT2D eigenvalue weighted by atomic mass is 16.5. The van der Waals surface area contributed by atoms with Gasteiger partial charge in [-0.3, -0.25) is 0 Å². The van der Waals surface area contributed by atoms with E-state index in [1.54, 1.807) is 22.8 Å². The van der Waals surface area contributed by atoms with Crippen molar-refractivity contribution in [2.24, 2.45) is 0 Å². The lowest BCUT2D eigenvalue weighted by Gasteiger charge is -2.11. The maximum atomic E-state index is 12.3.